The number of amides is 1. The third-order valence-electron chi connectivity index (χ3n) is 3.09. The van der Waals surface area contributed by atoms with E-state index in [0.29, 0.717) is 27.2 Å². The first-order valence-electron chi connectivity index (χ1n) is 7.03. The lowest BCUT2D eigenvalue weighted by molar-refractivity contribution is 0.102. The Bertz CT molecular complexity index is 832. The predicted molar refractivity (Wildman–Crippen MR) is 94.0 cm³/mol. The minimum absolute atomic E-state index is 0.142. The summed E-state index contributed by atoms with van der Waals surface area (Å²) in [6.45, 7) is 0.277. The number of nitrogens with one attached hydrogen (secondary N) is 1. The molecule has 0 aliphatic heterocycles. The lowest BCUT2D eigenvalue weighted by Crippen LogP contribution is -2.12. The van der Waals surface area contributed by atoms with E-state index in [1.165, 1.54) is 23.5 Å². The maximum atomic E-state index is 12.1. The molecule has 24 heavy (non-hydrogen) atoms. The van der Waals surface area contributed by atoms with Crippen molar-refractivity contribution in [3.8, 4) is 11.5 Å². The van der Waals surface area contributed by atoms with Gasteiger partial charge in [0.2, 0.25) is 0 Å². The number of hydrogen-bond acceptors (Lipinski definition) is 5. The van der Waals surface area contributed by atoms with Gasteiger partial charge in [-0.3, -0.25) is 4.79 Å². The molecule has 7 heteroatoms. The lowest BCUT2D eigenvalue weighted by Gasteiger charge is -2.04. The summed E-state index contributed by atoms with van der Waals surface area (Å²) in [7, 11) is 0. The number of hydrogen-bond donors (Lipinski definition) is 2. The smallest absolute Gasteiger partial charge is 0.275 e. The quantitative estimate of drug-likeness (QED) is 0.664. The van der Waals surface area contributed by atoms with E-state index in [2.05, 4.69) is 10.3 Å². The largest absolute Gasteiger partial charge is 0.508 e. The van der Waals surface area contributed by atoms with E-state index < -0.39 is 0 Å². The Kier molecular flexibility index (Phi) is 4.98. The maximum absolute atomic E-state index is 12.1. The normalized spacial score (nSPS) is 10.4. The van der Waals surface area contributed by atoms with Gasteiger partial charge in [0.15, 0.2) is 0 Å². The van der Waals surface area contributed by atoms with Crippen molar-refractivity contribution in [3.63, 3.8) is 0 Å². The van der Waals surface area contributed by atoms with E-state index in [1.54, 1.807) is 41.8 Å². The van der Waals surface area contributed by atoms with Crippen LogP contribution in [0.3, 0.4) is 0 Å². The fraction of sp³-hybridized carbons (Fsp3) is 0.0588. The Morgan fingerprint density at radius 2 is 1.88 bits per heavy atom. The van der Waals surface area contributed by atoms with Gasteiger partial charge in [-0.25, -0.2) is 4.98 Å². The van der Waals surface area contributed by atoms with Crippen molar-refractivity contribution in [2.24, 2.45) is 0 Å². The van der Waals surface area contributed by atoms with Crippen LogP contribution in [-0.4, -0.2) is 16.0 Å². The highest BCUT2D eigenvalue weighted by molar-refractivity contribution is 7.09. The van der Waals surface area contributed by atoms with Gasteiger partial charge >= 0.3 is 0 Å². The highest BCUT2D eigenvalue weighted by Gasteiger charge is 2.11. The fourth-order valence-electron chi connectivity index (χ4n) is 1.90. The Morgan fingerprint density at radius 3 is 2.58 bits per heavy atom. The number of rotatable bonds is 5. The van der Waals surface area contributed by atoms with Crippen molar-refractivity contribution in [1.82, 2.24) is 4.98 Å². The first-order chi connectivity index (χ1) is 11.6. The van der Waals surface area contributed by atoms with Gasteiger partial charge in [-0.15, -0.1) is 11.3 Å². The Hall–Kier alpha value is -2.57. The molecule has 0 spiro atoms. The zero-order chi connectivity index (χ0) is 16.9. The zero-order valence-corrected chi connectivity index (χ0v) is 14.0. The molecule has 3 aromatic rings. The molecule has 0 saturated carbocycles. The summed E-state index contributed by atoms with van der Waals surface area (Å²) in [4.78, 5) is 16.4. The zero-order valence-electron chi connectivity index (χ0n) is 12.4. The van der Waals surface area contributed by atoms with Crippen LogP contribution in [0.4, 0.5) is 5.69 Å². The second-order valence-electron chi connectivity index (χ2n) is 4.87. The van der Waals surface area contributed by atoms with Crippen LogP contribution in [0.2, 0.25) is 5.02 Å². The van der Waals surface area contributed by atoms with Crippen molar-refractivity contribution >= 4 is 34.5 Å². The highest BCUT2D eigenvalue weighted by Crippen LogP contribution is 2.19. The summed E-state index contributed by atoms with van der Waals surface area (Å²) >= 11 is 7.17. The first kappa shape index (κ1) is 16.3. The number of phenolic OH excluding ortho intramolecular Hbond substituents is 1. The van der Waals surface area contributed by atoms with Gasteiger partial charge in [-0.05, 0) is 48.5 Å². The summed E-state index contributed by atoms with van der Waals surface area (Å²) < 4.78 is 5.60. The number of benzene rings is 2. The molecule has 2 N–H and O–H groups in total. The minimum Gasteiger partial charge on any atom is -0.508 e. The molecule has 1 amide bonds. The van der Waals surface area contributed by atoms with Crippen LogP contribution >= 0.6 is 22.9 Å². The van der Waals surface area contributed by atoms with Gasteiger partial charge in [0.05, 0.1) is 0 Å². The van der Waals surface area contributed by atoms with Crippen molar-refractivity contribution < 1.29 is 14.6 Å². The average molecular weight is 361 g/mol. The standard InChI is InChI=1S/C17H13ClN2O3S/c18-11-1-7-14(8-2-11)23-9-16-20-15(10-24-16)17(22)19-12-3-5-13(21)6-4-12/h1-8,10,21H,9H2,(H,19,22). The number of thiazole rings is 1. The van der Waals surface area contributed by atoms with Gasteiger partial charge in [0.25, 0.3) is 5.91 Å². The van der Waals surface area contributed by atoms with E-state index in [0.717, 1.165) is 0 Å². The molecule has 3 rings (SSSR count). The number of aromatic nitrogens is 1. The third-order valence-corrected chi connectivity index (χ3v) is 4.16. The minimum atomic E-state index is -0.310. The summed E-state index contributed by atoms with van der Waals surface area (Å²) in [6, 6.07) is 13.3. The number of phenols is 1. The molecule has 0 bridgehead atoms. The highest BCUT2D eigenvalue weighted by atomic mass is 35.5. The summed E-state index contributed by atoms with van der Waals surface area (Å²) in [5, 5.41) is 15.0. The summed E-state index contributed by atoms with van der Waals surface area (Å²) in [5.41, 5.74) is 0.910. The van der Waals surface area contributed by atoms with E-state index >= 15 is 0 Å². The molecule has 0 unspecified atom stereocenters. The Morgan fingerprint density at radius 1 is 1.17 bits per heavy atom. The van der Waals surface area contributed by atoms with Crippen LogP contribution in [0.1, 0.15) is 15.5 Å². The van der Waals surface area contributed by atoms with Crippen LogP contribution in [0.15, 0.2) is 53.9 Å². The van der Waals surface area contributed by atoms with E-state index in [9.17, 15) is 9.90 Å². The molecule has 0 radical (unpaired) electrons. The topological polar surface area (TPSA) is 71.5 Å². The number of ether oxygens (including phenoxy) is 1. The molecule has 0 fully saturated rings. The molecule has 0 aliphatic carbocycles. The molecule has 0 aliphatic rings. The van der Waals surface area contributed by atoms with Gasteiger partial charge in [-0.1, -0.05) is 11.6 Å². The Labute approximate surface area is 147 Å². The molecule has 2 aromatic carbocycles. The summed E-state index contributed by atoms with van der Waals surface area (Å²) in [5.74, 6) is 0.516. The van der Waals surface area contributed by atoms with Crippen molar-refractivity contribution in [2.75, 3.05) is 5.32 Å². The van der Waals surface area contributed by atoms with Crippen LogP contribution in [0.25, 0.3) is 0 Å². The molecular formula is C17H13ClN2O3S. The monoisotopic (exact) mass is 360 g/mol. The van der Waals surface area contributed by atoms with Crippen LogP contribution in [-0.2, 0) is 6.61 Å². The van der Waals surface area contributed by atoms with E-state index in [-0.39, 0.29) is 18.3 Å². The number of halogens is 1. The lowest BCUT2D eigenvalue weighted by atomic mass is 10.3. The molecule has 0 saturated heterocycles. The van der Waals surface area contributed by atoms with Gasteiger partial charge in [0, 0.05) is 16.1 Å². The second-order valence-corrected chi connectivity index (χ2v) is 6.25. The van der Waals surface area contributed by atoms with Crippen molar-refractivity contribution in [2.45, 2.75) is 6.61 Å². The van der Waals surface area contributed by atoms with Crippen molar-refractivity contribution in [3.05, 3.63) is 69.6 Å². The first-order valence-corrected chi connectivity index (χ1v) is 8.29. The molecule has 1 heterocycles. The fourth-order valence-corrected chi connectivity index (χ4v) is 2.71. The average Bonchev–Trinajstić information content (AvgIpc) is 3.06. The van der Waals surface area contributed by atoms with Crippen molar-refractivity contribution in [1.29, 1.82) is 0 Å². The second kappa shape index (κ2) is 7.33. The summed E-state index contributed by atoms with van der Waals surface area (Å²) in [6.07, 6.45) is 0. The number of carbonyl (C=O) groups excluding carboxylic acids is 1. The number of carbonyl (C=O) groups is 1. The molecular weight excluding hydrogens is 348 g/mol. The van der Waals surface area contributed by atoms with E-state index in [4.69, 9.17) is 16.3 Å². The van der Waals surface area contributed by atoms with Crippen LogP contribution in [0.5, 0.6) is 11.5 Å². The van der Waals surface area contributed by atoms with Gasteiger partial charge in [0.1, 0.15) is 28.8 Å². The molecule has 1 aromatic heterocycles. The number of aromatic hydroxyl groups is 1. The molecule has 5 nitrogen and oxygen atoms in total. The predicted octanol–water partition coefficient (Wildman–Crippen LogP) is 4.33. The maximum Gasteiger partial charge on any atom is 0.275 e. The SMILES string of the molecule is O=C(Nc1ccc(O)cc1)c1csc(COc2ccc(Cl)cc2)n1. The van der Waals surface area contributed by atoms with Gasteiger partial charge in [-0.2, -0.15) is 0 Å². The number of anilines is 1. The van der Waals surface area contributed by atoms with Crippen LogP contribution in [0, 0.1) is 0 Å². The third kappa shape index (κ3) is 4.24. The van der Waals surface area contributed by atoms with E-state index in [1.807, 2.05) is 0 Å². The molecule has 122 valence electrons. The van der Waals surface area contributed by atoms with Gasteiger partial charge < -0.3 is 15.2 Å². The van der Waals surface area contributed by atoms with Crippen LogP contribution < -0.4 is 10.1 Å². The Balaban J connectivity index is 1.59. The molecule has 0 atom stereocenters. The number of nitrogens with zero attached hydrogens (tertiary/aromatic N) is 1.